The summed E-state index contributed by atoms with van der Waals surface area (Å²) in [5, 5.41) is 26.2. The molecule has 2 bridgehead atoms. The van der Waals surface area contributed by atoms with Crippen LogP contribution in [-0.2, 0) is 6.42 Å². The van der Waals surface area contributed by atoms with Crippen LogP contribution in [0.15, 0.2) is 30.3 Å². The van der Waals surface area contributed by atoms with Crippen molar-refractivity contribution in [2.75, 3.05) is 37.7 Å². The van der Waals surface area contributed by atoms with Crippen LogP contribution in [0.4, 0.5) is 19.0 Å². The number of ether oxygens (including phenoxy) is 2. The normalized spacial score (nSPS) is 29.6. The van der Waals surface area contributed by atoms with Crippen LogP contribution in [0, 0.1) is 11.6 Å². The number of hydrogen-bond acceptors (Lipinski definition) is 9. The van der Waals surface area contributed by atoms with Gasteiger partial charge in [0.2, 0.25) is 0 Å². The Balaban J connectivity index is 1.25. The molecule has 5 aliphatic heterocycles. The molecule has 4 aromatic rings. The third kappa shape index (κ3) is 4.40. The molecular weight excluding hydrogens is 611 g/mol. The Labute approximate surface area is 269 Å². The van der Waals surface area contributed by atoms with Crippen molar-refractivity contribution >= 4 is 27.5 Å². The molecule has 12 heteroatoms. The summed E-state index contributed by atoms with van der Waals surface area (Å²) in [6, 6.07) is 8.53. The highest BCUT2D eigenvalue weighted by Crippen LogP contribution is 2.49. The highest BCUT2D eigenvalue weighted by Gasteiger charge is 2.53. The summed E-state index contributed by atoms with van der Waals surface area (Å²) in [4.78, 5) is 13.3. The lowest BCUT2D eigenvalue weighted by atomic mass is 9.91. The number of halogens is 3. The Morgan fingerprint density at radius 3 is 2.81 bits per heavy atom. The van der Waals surface area contributed by atoms with Gasteiger partial charge in [-0.25, -0.2) is 13.2 Å². The number of phenolic OH excluding ortho intramolecular Hbond substituents is 1. The van der Waals surface area contributed by atoms with E-state index in [-0.39, 0.29) is 83.8 Å². The number of aliphatic hydroxyl groups is 1. The summed E-state index contributed by atoms with van der Waals surface area (Å²) in [6.07, 6.45) is 1.42. The minimum Gasteiger partial charge on any atom is -0.508 e. The molecule has 0 radical (unpaired) electrons. The van der Waals surface area contributed by atoms with E-state index in [1.807, 2.05) is 24.0 Å². The summed E-state index contributed by atoms with van der Waals surface area (Å²) in [5.74, 6) is -1.69. The predicted octanol–water partition coefficient (Wildman–Crippen LogP) is 4.62. The maximum absolute atomic E-state index is 17.1. The van der Waals surface area contributed by atoms with Crippen molar-refractivity contribution in [2.45, 2.75) is 75.0 Å². The summed E-state index contributed by atoms with van der Waals surface area (Å²) in [5.41, 5.74) is -0.137. The number of aryl methyl sites for hydroxylation is 1. The van der Waals surface area contributed by atoms with Gasteiger partial charge < -0.3 is 29.9 Å². The molecule has 0 saturated carbocycles. The number of alkyl halides is 1. The molecule has 9 rings (SSSR count). The van der Waals surface area contributed by atoms with Crippen molar-refractivity contribution in [1.82, 2.24) is 20.2 Å². The SMILES string of the molecule is CCc1cccc2cc(O)cc(-c3c(F)c4c5c(nc(OC[C@@]67C[C@H](O)CN6C[C@H](F)C7)nc5c3F)N3CC5CCC(N5)C3CO4)c12. The minimum atomic E-state index is -1.04. The molecule has 47 heavy (non-hydrogen) atoms. The molecule has 6 atom stereocenters. The summed E-state index contributed by atoms with van der Waals surface area (Å²) in [6.45, 7) is 3.28. The number of aliphatic hydroxyl groups excluding tert-OH is 1. The quantitative estimate of drug-likeness (QED) is 0.286. The smallest absolute Gasteiger partial charge is 0.319 e. The lowest BCUT2D eigenvalue weighted by Gasteiger charge is -2.40. The van der Waals surface area contributed by atoms with E-state index in [4.69, 9.17) is 14.5 Å². The Hall–Kier alpha value is -3.87. The summed E-state index contributed by atoms with van der Waals surface area (Å²) >= 11 is 0. The van der Waals surface area contributed by atoms with E-state index < -0.39 is 29.4 Å². The number of nitrogens with zero attached hydrogens (tertiary/aromatic N) is 4. The number of aromatic nitrogens is 2. The van der Waals surface area contributed by atoms with Gasteiger partial charge in [-0.05, 0) is 59.7 Å². The van der Waals surface area contributed by atoms with Gasteiger partial charge in [-0.2, -0.15) is 9.97 Å². The largest absolute Gasteiger partial charge is 0.508 e. The van der Waals surface area contributed by atoms with E-state index in [2.05, 4.69) is 15.2 Å². The fourth-order valence-electron chi connectivity index (χ4n) is 9.05. The van der Waals surface area contributed by atoms with Gasteiger partial charge >= 0.3 is 6.01 Å². The van der Waals surface area contributed by atoms with Gasteiger partial charge in [0.25, 0.3) is 0 Å². The standard InChI is InChI=1S/C35H36F3N5O4/c1-2-17-4-3-5-18-8-21(44)9-23(26(17)18)27-29(37)31-28-32(30(27)38)46-15-25-24-7-6-20(39-24)13-43(25)33(28)41-34(40-31)47-16-35-10-19(36)12-42(35)14-22(45)11-35/h3-5,8-9,19-20,22,24-25,39,44-45H,2,6-7,10-16H2,1H3/t19-,20?,22+,24?,25?,35-/m1/s1. The molecular formula is C35H36F3N5O4. The number of benzene rings is 3. The highest BCUT2D eigenvalue weighted by atomic mass is 19.1. The number of β-amino-alcohol motifs (C(OH)–C–C–N with tert-alkyl or cyclic N) is 1. The lowest BCUT2D eigenvalue weighted by Crippen LogP contribution is -2.60. The zero-order valence-corrected chi connectivity index (χ0v) is 26.0. The molecule has 246 valence electrons. The Morgan fingerprint density at radius 2 is 1.96 bits per heavy atom. The monoisotopic (exact) mass is 647 g/mol. The second kappa shape index (κ2) is 10.6. The third-order valence-electron chi connectivity index (χ3n) is 11.1. The van der Waals surface area contributed by atoms with Crippen LogP contribution in [0.5, 0.6) is 17.5 Å². The summed E-state index contributed by atoms with van der Waals surface area (Å²) < 4.78 is 61.2. The molecule has 9 nitrogen and oxygen atoms in total. The van der Waals surface area contributed by atoms with Crippen molar-refractivity contribution in [1.29, 1.82) is 0 Å². The van der Waals surface area contributed by atoms with Gasteiger partial charge in [-0.1, -0.05) is 25.1 Å². The van der Waals surface area contributed by atoms with E-state index >= 15 is 8.78 Å². The molecule has 0 amide bonds. The first kappa shape index (κ1) is 29.3. The maximum Gasteiger partial charge on any atom is 0.319 e. The number of anilines is 1. The van der Waals surface area contributed by atoms with Crippen molar-refractivity contribution in [3.05, 3.63) is 47.5 Å². The number of hydrogen-bond donors (Lipinski definition) is 3. The first-order valence-corrected chi connectivity index (χ1v) is 16.6. The average Bonchev–Trinajstić information content (AvgIpc) is 3.63. The molecule has 3 unspecified atom stereocenters. The Kier molecular flexibility index (Phi) is 6.58. The molecule has 3 N–H and O–H groups in total. The molecule has 4 fully saturated rings. The second-order valence-electron chi connectivity index (χ2n) is 13.9. The topological polar surface area (TPSA) is 103 Å². The lowest BCUT2D eigenvalue weighted by molar-refractivity contribution is 0.106. The summed E-state index contributed by atoms with van der Waals surface area (Å²) in [7, 11) is 0. The van der Waals surface area contributed by atoms with Crippen molar-refractivity contribution in [3.8, 4) is 28.6 Å². The highest BCUT2D eigenvalue weighted by molar-refractivity contribution is 6.05. The number of nitrogens with one attached hydrogen (secondary N) is 1. The Bertz CT molecular complexity index is 1930. The average molecular weight is 648 g/mol. The Morgan fingerprint density at radius 1 is 1.09 bits per heavy atom. The van der Waals surface area contributed by atoms with Crippen LogP contribution in [0.25, 0.3) is 32.8 Å². The zero-order chi connectivity index (χ0) is 32.2. The van der Waals surface area contributed by atoms with Gasteiger partial charge in [-0.3, -0.25) is 4.90 Å². The molecule has 0 spiro atoms. The number of phenols is 1. The number of fused-ring (bicyclic) bond motifs is 7. The molecule has 5 aliphatic rings. The first-order valence-electron chi connectivity index (χ1n) is 16.6. The van der Waals surface area contributed by atoms with Gasteiger partial charge in [0.1, 0.15) is 36.5 Å². The first-order chi connectivity index (χ1) is 22.7. The van der Waals surface area contributed by atoms with Crippen LogP contribution in [-0.4, -0.2) is 93.9 Å². The van der Waals surface area contributed by atoms with Crippen molar-refractivity contribution in [2.24, 2.45) is 0 Å². The molecule has 3 aromatic carbocycles. The number of piperazine rings is 1. The fraction of sp³-hybridized carbons (Fsp3) is 0.486. The predicted molar refractivity (Wildman–Crippen MR) is 170 cm³/mol. The van der Waals surface area contributed by atoms with Gasteiger partial charge in [0.15, 0.2) is 17.4 Å². The van der Waals surface area contributed by atoms with Crippen molar-refractivity contribution < 1.29 is 32.9 Å². The van der Waals surface area contributed by atoms with E-state index in [9.17, 15) is 14.6 Å². The van der Waals surface area contributed by atoms with Crippen molar-refractivity contribution in [3.63, 3.8) is 0 Å². The molecule has 6 heterocycles. The molecule has 0 aliphatic carbocycles. The maximum atomic E-state index is 17.1. The zero-order valence-electron chi connectivity index (χ0n) is 26.0. The van der Waals surface area contributed by atoms with Crippen LogP contribution >= 0.6 is 0 Å². The van der Waals surface area contributed by atoms with E-state index in [0.29, 0.717) is 42.5 Å². The van der Waals surface area contributed by atoms with E-state index in [0.717, 1.165) is 18.4 Å². The van der Waals surface area contributed by atoms with Gasteiger partial charge in [0, 0.05) is 38.1 Å². The number of aromatic hydroxyl groups is 1. The number of rotatable bonds is 5. The third-order valence-corrected chi connectivity index (χ3v) is 11.1. The van der Waals surface area contributed by atoms with Crippen LogP contribution in [0.3, 0.4) is 0 Å². The van der Waals surface area contributed by atoms with Gasteiger partial charge in [0.05, 0.1) is 28.6 Å². The van der Waals surface area contributed by atoms with E-state index in [1.54, 1.807) is 12.1 Å². The fourth-order valence-corrected chi connectivity index (χ4v) is 9.05. The van der Waals surface area contributed by atoms with Gasteiger partial charge in [-0.15, -0.1) is 0 Å². The second-order valence-corrected chi connectivity index (χ2v) is 13.9. The molecule has 4 saturated heterocycles. The van der Waals surface area contributed by atoms with Crippen LogP contribution < -0.4 is 19.7 Å². The van der Waals surface area contributed by atoms with E-state index in [1.165, 1.54) is 6.07 Å². The molecule has 1 aromatic heterocycles. The minimum absolute atomic E-state index is 0.0156. The van der Waals surface area contributed by atoms with Crippen LogP contribution in [0.2, 0.25) is 0 Å². The van der Waals surface area contributed by atoms with Crippen LogP contribution in [0.1, 0.15) is 38.2 Å².